The van der Waals surface area contributed by atoms with Crippen LogP contribution < -0.4 is 4.74 Å². The van der Waals surface area contributed by atoms with E-state index < -0.39 is 0 Å². The number of benzene rings is 1. The molecule has 1 heterocycles. The van der Waals surface area contributed by atoms with E-state index in [9.17, 15) is 0 Å². The summed E-state index contributed by atoms with van der Waals surface area (Å²) in [6, 6.07) is 7.55. The number of nitrogens with zero attached hydrogens (tertiary/aromatic N) is 3. The molecule has 0 spiro atoms. The van der Waals surface area contributed by atoms with Crippen LogP contribution >= 0.6 is 23.2 Å². The molecule has 0 saturated heterocycles. The van der Waals surface area contributed by atoms with Gasteiger partial charge in [-0.2, -0.15) is 15.0 Å². The van der Waals surface area contributed by atoms with Gasteiger partial charge in [-0.3, -0.25) is 0 Å². The summed E-state index contributed by atoms with van der Waals surface area (Å²) >= 11 is 11.5. The third kappa shape index (κ3) is 2.71. The maximum absolute atomic E-state index is 5.76. The Hall–Kier alpha value is -1.39. The van der Waals surface area contributed by atoms with E-state index in [4.69, 9.17) is 27.9 Å². The lowest BCUT2D eigenvalue weighted by molar-refractivity contribution is 0.303. The molecule has 1 aliphatic rings. The molecule has 0 aliphatic heterocycles. The summed E-state index contributed by atoms with van der Waals surface area (Å²) in [5.41, 5.74) is 0.805. The van der Waals surface area contributed by atoms with Crippen molar-refractivity contribution in [2.75, 3.05) is 0 Å². The predicted octanol–water partition coefficient (Wildman–Crippen LogP) is 3.39. The van der Waals surface area contributed by atoms with Crippen molar-refractivity contribution in [3.8, 4) is 17.1 Å². The largest absolute Gasteiger partial charge is 0.490 e. The monoisotopic (exact) mass is 281 g/mol. The van der Waals surface area contributed by atoms with Crippen LogP contribution in [0.2, 0.25) is 10.6 Å². The Bertz CT molecular complexity index is 567. The van der Waals surface area contributed by atoms with Gasteiger partial charge in [-0.1, -0.05) is 12.1 Å². The van der Waals surface area contributed by atoms with Gasteiger partial charge >= 0.3 is 0 Å². The van der Waals surface area contributed by atoms with Gasteiger partial charge in [0.15, 0.2) is 5.82 Å². The Labute approximate surface area is 114 Å². The number of hydrogen-bond donors (Lipinski definition) is 0. The quantitative estimate of drug-likeness (QED) is 0.865. The third-order valence-corrected chi connectivity index (χ3v) is 2.84. The van der Waals surface area contributed by atoms with Crippen molar-refractivity contribution in [2.24, 2.45) is 0 Å². The molecule has 6 heteroatoms. The summed E-state index contributed by atoms with van der Waals surface area (Å²) in [6.07, 6.45) is 2.59. The predicted molar refractivity (Wildman–Crippen MR) is 68.9 cm³/mol. The Morgan fingerprint density at radius 2 is 1.78 bits per heavy atom. The Morgan fingerprint density at radius 3 is 2.44 bits per heavy atom. The Balaban J connectivity index is 1.94. The number of ether oxygens (including phenoxy) is 1. The Morgan fingerprint density at radius 1 is 1.06 bits per heavy atom. The fourth-order valence-corrected chi connectivity index (χ4v) is 1.91. The fourth-order valence-electron chi connectivity index (χ4n) is 1.54. The molecule has 0 atom stereocenters. The van der Waals surface area contributed by atoms with Crippen molar-refractivity contribution >= 4 is 23.2 Å². The molecule has 1 aromatic carbocycles. The van der Waals surface area contributed by atoms with Crippen molar-refractivity contribution < 1.29 is 4.74 Å². The van der Waals surface area contributed by atoms with Gasteiger partial charge in [0.05, 0.1) is 6.10 Å². The van der Waals surface area contributed by atoms with Crippen LogP contribution in [0.3, 0.4) is 0 Å². The summed E-state index contributed by atoms with van der Waals surface area (Å²) in [4.78, 5) is 11.8. The topological polar surface area (TPSA) is 47.9 Å². The summed E-state index contributed by atoms with van der Waals surface area (Å²) in [5, 5.41) is 0.164. The molecule has 1 saturated carbocycles. The highest BCUT2D eigenvalue weighted by atomic mass is 35.5. The van der Waals surface area contributed by atoms with Gasteiger partial charge in [0, 0.05) is 5.56 Å². The molecule has 0 N–H and O–H groups in total. The van der Waals surface area contributed by atoms with E-state index in [0.717, 1.165) is 24.2 Å². The minimum absolute atomic E-state index is 0.0820. The molecule has 0 unspecified atom stereocenters. The summed E-state index contributed by atoms with van der Waals surface area (Å²) in [6.45, 7) is 0. The molecule has 92 valence electrons. The first kappa shape index (κ1) is 11.7. The SMILES string of the molecule is Clc1nc(Cl)nc(-c2cccc(OC3CC3)c2)n1. The van der Waals surface area contributed by atoms with Gasteiger partial charge in [0.25, 0.3) is 0 Å². The minimum atomic E-state index is 0.0820. The third-order valence-electron chi connectivity index (χ3n) is 2.50. The number of aromatic nitrogens is 3. The molecule has 0 radical (unpaired) electrons. The van der Waals surface area contributed by atoms with E-state index in [2.05, 4.69) is 15.0 Å². The van der Waals surface area contributed by atoms with Gasteiger partial charge in [-0.05, 0) is 48.2 Å². The van der Waals surface area contributed by atoms with Gasteiger partial charge < -0.3 is 4.74 Å². The summed E-state index contributed by atoms with van der Waals surface area (Å²) < 4.78 is 5.71. The molecular formula is C12H9Cl2N3O. The van der Waals surface area contributed by atoms with Gasteiger partial charge in [-0.15, -0.1) is 0 Å². The van der Waals surface area contributed by atoms with Crippen molar-refractivity contribution in [2.45, 2.75) is 18.9 Å². The zero-order chi connectivity index (χ0) is 12.5. The highest BCUT2D eigenvalue weighted by Gasteiger charge is 2.23. The van der Waals surface area contributed by atoms with Crippen LogP contribution in [-0.4, -0.2) is 21.1 Å². The second kappa shape index (κ2) is 4.71. The molecule has 18 heavy (non-hydrogen) atoms. The van der Waals surface area contributed by atoms with Crippen LogP contribution in [-0.2, 0) is 0 Å². The van der Waals surface area contributed by atoms with Crippen molar-refractivity contribution in [1.29, 1.82) is 0 Å². The zero-order valence-electron chi connectivity index (χ0n) is 9.31. The zero-order valence-corrected chi connectivity index (χ0v) is 10.8. The molecule has 3 rings (SSSR count). The maximum atomic E-state index is 5.76. The van der Waals surface area contributed by atoms with Gasteiger partial charge in [0.1, 0.15) is 5.75 Å². The molecule has 4 nitrogen and oxygen atoms in total. The van der Waals surface area contributed by atoms with E-state index >= 15 is 0 Å². The minimum Gasteiger partial charge on any atom is -0.490 e. The molecule has 2 aromatic rings. The van der Waals surface area contributed by atoms with Crippen LogP contribution in [0, 0.1) is 0 Å². The first-order valence-corrected chi connectivity index (χ1v) is 6.30. The standard InChI is InChI=1S/C12H9Cl2N3O/c13-11-15-10(16-12(14)17-11)7-2-1-3-9(6-7)18-8-4-5-8/h1-3,6,8H,4-5H2. The van der Waals surface area contributed by atoms with Crippen molar-refractivity contribution in [3.05, 3.63) is 34.8 Å². The van der Waals surface area contributed by atoms with Crippen LogP contribution in [0.1, 0.15) is 12.8 Å². The first-order valence-electron chi connectivity index (χ1n) is 5.55. The van der Waals surface area contributed by atoms with Crippen molar-refractivity contribution in [3.63, 3.8) is 0 Å². The highest BCUT2D eigenvalue weighted by molar-refractivity contribution is 6.31. The van der Waals surface area contributed by atoms with E-state index in [1.54, 1.807) is 0 Å². The van der Waals surface area contributed by atoms with E-state index in [1.807, 2.05) is 24.3 Å². The second-order valence-corrected chi connectivity index (χ2v) is 4.72. The van der Waals surface area contributed by atoms with E-state index in [-0.39, 0.29) is 10.6 Å². The number of rotatable bonds is 3. The number of hydrogen-bond acceptors (Lipinski definition) is 4. The van der Waals surface area contributed by atoms with Crippen molar-refractivity contribution in [1.82, 2.24) is 15.0 Å². The van der Waals surface area contributed by atoms with Crippen LogP contribution in [0.15, 0.2) is 24.3 Å². The normalized spacial score (nSPS) is 14.6. The summed E-state index contributed by atoms with van der Waals surface area (Å²) in [5.74, 6) is 1.25. The summed E-state index contributed by atoms with van der Waals surface area (Å²) in [7, 11) is 0. The molecule has 1 aliphatic carbocycles. The maximum Gasteiger partial charge on any atom is 0.227 e. The molecular weight excluding hydrogens is 273 g/mol. The lowest BCUT2D eigenvalue weighted by Crippen LogP contribution is -1.97. The average molecular weight is 282 g/mol. The highest BCUT2D eigenvalue weighted by Crippen LogP contribution is 2.29. The molecule has 1 aromatic heterocycles. The van der Waals surface area contributed by atoms with E-state index in [0.29, 0.717) is 11.9 Å². The van der Waals surface area contributed by atoms with Gasteiger partial charge in [-0.25, -0.2) is 0 Å². The Kier molecular flexibility index (Phi) is 3.06. The molecule has 0 bridgehead atoms. The van der Waals surface area contributed by atoms with Crippen LogP contribution in [0.25, 0.3) is 11.4 Å². The first-order chi connectivity index (χ1) is 8.70. The lowest BCUT2D eigenvalue weighted by Gasteiger charge is -2.06. The molecule has 1 fully saturated rings. The smallest absolute Gasteiger partial charge is 0.227 e. The van der Waals surface area contributed by atoms with Gasteiger partial charge in [0.2, 0.25) is 10.6 Å². The molecule has 0 amide bonds. The average Bonchev–Trinajstić information content (AvgIpc) is 3.12. The van der Waals surface area contributed by atoms with Crippen LogP contribution in [0.5, 0.6) is 5.75 Å². The fraction of sp³-hybridized carbons (Fsp3) is 0.250. The number of halogens is 2. The van der Waals surface area contributed by atoms with Crippen LogP contribution in [0.4, 0.5) is 0 Å². The van der Waals surface area contributed by atoms with E-state index in [1.165, 1.54) is 0 Å². The second-order valence-electron chi connectivity index (χ2n) is 4.04. The lowest BCUT2D eigenvalue weighted by atomic mass is 10.2.